The molecule has 0 N–H and O–H groups in total. The Morgan fingerprint density at radius 2 is 1.42 bits per heavy atom. The van der Waals surface area contributed by atoms with E-state index in [-0.39, 0.29) is 5.41 Å². The first-order valence-electron chi connectivity index (χ1n) is 9.53. The highest BCUT2D eigenvalue weighted by molar-refractivity contribution is 5.80. The highest BCUT2D eigenvalue weighted by atomic mass is 15.1. The molecule has 1 aliphatic carbocycles. The van der Waals surface area contributed by atoms with Crippen molar-refractivity contribution < 1.29 is 0 Å². The molecular weight excluding hydrogens is 314 g/mol. The van der Waals surface area contributed by atoms with E-state index in [1.54, 1.807) is 0 Å². The smallest absolute Gasteiger partial charge is 0.0432 e. The molecule has 0 aliphatic heterocycles. The van der Waals surface area contributed by atoms with Crippen molar-refractivity contribution >= 4 is 5.69 Å². The zero-order chi connectivity index (χ0) is 18.3. The zero-order valence-electron chi connectivity index (χ0n) is 16.2. The molecule has 0 fully saturated rings. The van der Waals surface area contributed by atoms with Crippen LogP contribution in [0.5, 0.6) is 0 Å². The number of rotatable bonds is 4. The number of anilines is 1. The fraction of sp³-hybridized carbons (Fsp3) is 0.280. The van der Waals surface area contributed by atoms with E-state index >= 15 is 0 Å². The Hall–Kier alpha value is -2.54. The third kappa shape index (κ3) is 2.72. The van der Waals surface area contributed by atoms with Crippen molar-refractivity contribution in [3.8, 4) is 11.1 Å². The monoisotopic (exact) mass is 341 g/mol. The first kappa shape index (κ1) is 16.9. The summed E-state index contributed by atoms with van der Waals surface area (Å²) in [5.41, 5.74) is 8.40. The van der Waals surface area contributed by atoms with E-state index in [1.807, 2.05) is 0 Å². The summed E-state index contributed by atoms with van der Waals surface area (Å²) in [6.07, 6.45) is 0. The number of benzene rings is 3. The van der Waals surface area contributed by atoms with Crippen molar-refractivity contribution in [3.05, 3.63) is 89.5 Å². The van der Waals surface area contributed by atoms with Crippen LogP contribution in [0.25, 0.3) is 11.1 Å². The summed E-state index contributed by atoms with van der Waals surface area (Å²) in [4.78, 5) is 2.47. The van der Waals surface area contributed by atoms with Gasteiger partial charge in [0, 0.05) is 23.7 Å². The molecule has 0 bridgehead atoms. The maximum Gasteiger partial charge on any atom is 0.0432 e. The standard InChI is InChI=1S/C25H27N/c1-18(2)26(20-10-6-5-7-11-20)17-19-14-15-22-21-12-8-9-13-23(21)25(3,4)24(22)16-19/h5-16,18H,17H2,1-4H3. The van der Waals surface area contributed by atoms with E-state index < -0.39 is 0 Å². The first-order chi connectivity index (χ1) is 12.5. The number of nitrogens with zero attached hydrogens (tertiary/aromatic N) is 1. The Morgan fingerprint density at radius 1 is 0.769 bits per heavy atom. The van der Waals surface area contributed by atoms with Crippen LogP contribution in [0.4, 0.5) is 5.69 Å². The minimum absolute atomic E-state index is 0.0668. The SMILES string of the molecule is CC(C)N(Cc1ccc2c(c1)C(C)(C)c1ccccc1-2)c1ccccc1. The molecule has 1 heteroatoms. The van der Waals surface area contributed by atoms with Crippen molar-refractivity contribution in [1.29, 1.82) is 0 Å². The van der Waals surface area contributed by atoms with Gasteiger partial charge in [-0.05, 0) is 53.8 Å². The Balaban J connectivity index is 1.72. The van der Waals surface area contributed by atoms with Crippen molar-refractivity contribution in [2.45, 2.75) is 45.7 Å². The molecule has 132 valence electrons. The van der Waals surface area contributed by atoms with Crippen LogP contribution in [0.2, 0.25) is 0 Å². The minimum atomic E-state index is 0.0668. The molecule has 1 nitrogen and oxygen atoms in total. The van der Waals surface area contributed by atoms with Crippen LogP contribution >= 0.6 is 0 Å². The highest BCUT2D eigenvalue weighted by Gasteiger charge is 2.35. The second kappa shape index (κ2) is 6.32. The summed E-state index contributed by atoms with van der Waals surface area (Å²) in [5, 5.41) is 0. The fourth-order valence-electron chi connectivity index (χ4n) is 4.24. The molecule has 3 aromatic rings. The highest BCUT2D eigenvalue weighted by Crippen LogP contribution is 2.48. The molecule has 0 heterocycles. The molecular formula is C25H27N. The molecule has 0 atom stereocenters. The molecule has 0 amide bonds. The summed E-state index contributed by atoms with van der Waals surface area (Å²) in [6, 6.07) is 27.1. The maximum absolute atomic E-state index is 2.47. The summed E-state index contributed by atoms with van der Waals surface area (Å²) in [6.45, 7) is 10.2. The van der Waals surface area contributed by atoms with E-state index in [9.17, 15) is 0 Å². The number of para-hydroxylation sites is 1. The molecule has 3 aromatic carbocycles. The third-order valence-corrected chi connectivity index (χ3v) is 5.71. The lowest BCUT2D eigenvalue weighted by Crippen LogP contribution is -2.30. The van der Waals surface area contributed by atoms with Gasteiger partial charge in [0.25, 0.3) is 0 Å². The number of fused-ring (bicyclic) bond motifs is 3. The van der Waals surface area contributed by atoms with Gasteiger partial charge in [0.05, 0.1) is 0 Å². The van der Waals surface area contributed by atoms with Gasteiger partial charge >= 0.3 is 0 Å². The number of hydrogen-bond donors (Lipinski definition) is 0. The van der Waals surface area contributed by atoms with Crippen LogP contribution in [0.1, 0.15) is 44.4 Å². The van der Waals surface area contributed by atoms with Crippen LogP contribution < -0.4 is 4.90 Å². The van der Waals surface area contributed by atoms with Crippen LogP contribution in [-0.2, 0) is 12.0 Å². The minimum Gasteiger partial charge on any atom is -0.365 e. The summed E-state index contributed by atoms with van der Waals surface area (Å²) >= 11 is 0. The van der Waals surface area contributed by atoms with Gasteiger partial charge in [0.1, 0.15) is 0 Å². The molecule has 0 aromatic heterocycles. The van der Waals surface area contributed by atoms with Gasteiger partial charge in [-0.2, -0.15) is 0 Å². The maximum atomic E-state index is 2.47. The lowest BCUT2D eigenvalue weighted by molar-refractivity contribution is 0.654. The van der Waals surface area contributed by atoms with Crippen LogP contribution in [0.15, 0.2) is 72.8 Å². The summed E-state index contributed by atoms with van der Waals surface area (Å²) in [7, 11) is 0. The van der Waals surface area contributed by atoms with Crippen molar-refractivity contribution in [1.82, 2.24) is 0 Å². The first-order valence-corrected chi connectivity index (χ1v) is 9.53. The number of hydrogen-bond acceptors (Lipinski definition) is 1. The van der Waals surface area contributed by atoms with Gasteiger partial charge in [-0.25, -0.2) is 0 Å². The summed E-state index contributed by atoms with van der Waals surface area (Å²) in [5.74, 6) is 0. The van der Waals surface area contributed by atoms with E-state index in [0.29, 0.717) is 6.04 Å². The van der Waals surface area contributed by atoms with E-state index in [1.165, 1.54) is 33.5 Å². The van der Waals surface area contributed by atoms with Crippen LogP contribution in [-0.4, -0.2) is 6.04 Å². The average molecular weight is 341 g/mol. The molecule has 0 radical (unpaired) electrons. The normalized spacial score (nSPS) is 14.2. The van der Waals surface area contributed by atoms with Crippen molar-refractivity contribution in [2.75, 3.05) is 4.90 Å². The Kier molecular flexibility index (Phi) is 4.11. The third-order valence-electron chi connectivity index (χ3n) is 5.71. The largest absolute Gasteiger partial charge is 0.365 e. The Bertz CT molecular complexity index is 922. The van der Waals surface area contributed by atoms with Gasteiger partial charge in [0.2, 0.25) is 0 Å². The molecule has 26 heavy (non-hydrogen) atoms. The van der Waals surface area contributed by atoms with Gasteiger partial charge < -0.3 is 4.90 Å². The molecule has 0 saturated heterocycles. The Labute approximate surface area is 157 Å². The molecule has 1 aliphatic rings. The molecule has 4 rings (SSSR count). The van der Waals surface area contributed by atoms with Crippen molar-refractivity contribution in [3.63, 3.8) is 0 Å². The lowest BCUT2D eigenvalue weighted by Gasteiger charge is -2.30. The molecule has 0 saturated carbocycles. The van der Waals surface area contributed by atoms with Crippen molar-refractivity contribution in [2.24, 2.45) is 0 Å². The second-order valence-corrected chi connectivity index (χ2v) is 8.11. The van der Waals surface area contributed by atoms with Gasteiger partial charge in [-0.15, -0.1) is 0 Å². The van der Waals surface area contributed by atoms with E-state index in [2.05, 4.69) is 105 Å². The predicted molar refractivity (Wildman–Crippen MR) is 112 cm³/mol. The average Bonchev–Trinajstić information content (AvgIpc) is 2.88. The van der Waals surface area contributed by atoms with Gasteiger partial charge in [0.15, 0.2) is 0 Å². The molecule has 0 unspecified atom stereocenters. The van der Waals surface area contributed by atoms with E-state index in [4.69, 9.17) is 0 Å². The predicted octanol–water partition coefficient (Wildman–Crippen LogP) is 6.41. The second-order valence-electron chi connectivity index (χ2n) is 8.11. The van der Waals surface area contributed by atoms with Crippen LogP contribution in [0.3, 0.4) is 0 Å². The Morgan fingerprint density at radius 3 is 2.15 bits per heavy atom. The summed E-state index contributed by atoms with van der Waals surface area (Å²) < 4.78 is 0. The van der Waals surface area contributed by atoms with Gasteiger partial charge in [-0.3, -0.25) is 0 Å². The lowest BCUT2D eigenvalue weighted by atomic mass is 9.82. The fourth-order valence-corrected chi connectivity index (χ4v) is 4.24. The van der Waals surface area contributed by atoms with Crippen LogP contribution in [0, 0.1) is 0 Å². The topological polar surface area (TPSA) is 3.24 Å². The zero-order valence-corrected chi connectivity index (χ0v) is 16.2. The molecule has 0 spiro atoms. The quantitative estimate of drug-likeness (QED) is 0.530. The van der Waals surface area contributed by atoms with E-state index in [0.717, 1.165) is 6.54 Å². The van der Waals surface area contributed by atoms with Gasteiger partial charge in [-0.1, -0.05) is 74.5 Å².